The summed E-state index contributed by atoms with van der Waals surface area (Å²) in [6, 6.07) is 13.6. The van der Waals surface area contributed by atoms with E-state index in [0.29, 0.717) is 0 Å². The first-order chi connectivity index (χ1) is 8.36. The van der Waals surface area contributed by atoms with Gasteiger partial charge in [-0.2, -0.15) is 0 Å². The molecule has 2 aromatic rings. The molecule has 0 amide bonds. The zero-order valence-corrected chi connectivity index (χ0v) is 11.1. The summed E-state index contributed by atoms with van der Waals surface area (Å²) in [5, 5.41) is 0. The van der Waals surface area contributed by atoms with Gasteiger partial charge < -0.3 is 0 Å². The van der Waals surface area contributed by atoms with E-state index < -0.39 is 0 Å². The van der Waals surface area contributed by atoms with Gasteiger partial charge in [-0.05, 0) is 64.6 Å². The second-order valence-electron chi connectivity index (χ2n) is 3.19. The lowest BCUT2D eigenvalue weighted by Gasteiger charge is -1.91. The molecule has 0 unspecified atom stereocenters. The zero-order chi connectivity index (χ0) is 11.9. The predicted octanol–water partition coefficient (Wildman–Crippen LogP) is 3.09. The predicted molar refractivity (Wildman–Crippen MR) is 77.2 cm³/mol. The standard InChI is InChI=1S/C15H8IN/c16-15-11-4-2-8-13(15)7-1-3-9-14-10-5-6-12-17-14/h2,4-6,8,10-12H. The highest BCUT2D eigenvalue weighted by Gasteiger charge is 1.90. The van der Waals surface area contributed by atoms with Crippen molar-refractivity contribution >= 4 is 22.6 Å². The average molecular weight is 329 g/mol. The number of aromatic nitrogens is 1. The molecule has 0 spiro atoms. The SMILES string of the molecule is Ic1ccccc1C#CC#Cc1ccccn1. The summed E-state index contributed by atoms with van der Waals surface area (Å²) >= 11 is 2.26. The van der Waals surface area contributed by atoms with Crippen LogP contribution in [0.5, 0.6) is 0 Å². The van der Waals surface area contributed by atoms with E-state index in [-0.39, 0.29) is 0 Å². The molecule has 0 saturated carbocycles. The quantitative estimate of drug-likeness (QED) is 0.535. The second-order valence-corrected chi connectivity index (χ2v) is 4.36. The summed E-state index contributed by atoms with van der Waals surface area (Å²) < 4.78 is 1.14. The van der Waals surface area contributed by atoms with Gasteiger partial charge in [0.25, 0.3) is 0 Å². The molecule has 17 heavy (non-hydrogen) atoms. The minimum Gasteiger partial charge on any atom is -0.248 e. The maximum atomic E-state index is 4.10. The summed E-state index contributed by atoms with van der Waals surface area (Å²) in [6.07, 6.45) is 1.72. The van der Waals surface area contributed by atoms with E-state index in [0.717, 1.165) is 14.8 Å². The Morgan fingerprint density at radius 1 is 0.882 bits per heavy atom. The number of halogens is 1. The highest BCUT2D eigenvalue weighted by Crippen LogP contribution is 2.09. The van der Waals surface area contributed by atoms with Crippen molar-refractivity contribution in [3.63, 3.8) is 0 Å². The lowest BCUT2D eigenvalue weighted by Crippen LogP contribution is -1.79. The first kappa shape index (κ1) is 11.7. The van der Waals surface area contributed by atoms with Crippen LogP contribution >= 0.6 is 22.6 Å². The number of hydrogen-bond donors (Lipinski definition) is 0. The molecule has 0 aliphatic heterocycles. The third kappa shape index (κ3) is 3.62. The van der Waals surface area contributed by atoms with E-state index in [1.54, 1.807) is 6.20 Å². The Balaban J connectivity index is 2.15. The summed E-state index contributed by atoms with van der Waals surface area (Å²) in [4.78, 5) is 4.10. The molecule has 2 rings (SSSR count). The van der Waals surface area contributed by atoms with Gasteiger partial charge >= 0.3 is 0 Å². The van der Waals surface area contributed by atoms with Crippen molar-refractivity contribution in [3.05, 3.63) is 63.5 Å². The summed E-state index contributed by atoms with van der Waals surface area (Å²) in [6.45, 7) is 0. The van der Waals surface area contributed by atoms with Gasteiger partial charge in [-0.25, -0.2) is 4.98 Å². The third-order valence-electron chi connectivity index (χ3n) is 1.99. The first-order valence-electron chi connectivity index (χ1n) is 5.04. The van der Waals surface area contributed by atoms with Crippen molar-refractivity contribution in [1.82, 2.24) is 4.98 Å². The highest BCUT2D eigenvalue weighted by molar-refractivity contribution is 14.1. The van der Waals surface area contributed by atoms with Crippen LogP contribution in [0.2, 0.25) is 0 Å². The maximum absolute atomic E-state index is 4.10. The monoisotopic (exact) mass is 329 g/mol. The Morgan fingerprint density at radius 3 is 2.41 bits per heavy atom. The van der Waals surface area contributed by atoms with Crippen molar-refractivity contribution in [2.75, 3.05) is 0 Å². The Labute approximate surface area is 114 Å². The normalized spacial score (nSPS) is 8.53. The van der Waals surface area contributed by atoms with Crippen molar-refractivity contribution in [1.29, 1.82) is 0 Å². The Morgan fingerprint density at radius 2 is 1.65 bits per heavy atom. The number of benzene rings is 1. The number of rotatable bonds is 0. The van der Waals surface area contributed by atoms with Crippen molar-refractivity contribution < 1.29 is 0 Å². The Bertz CT molecular complexity index is 624. The van der Waals surface area contributed by atoms with Gasteiger partial charge in [0.05, 0.1) is 0 Å². The minimum absolute atomic E-state index is 0.740. The molecule has 1 aromatic heterocycles. The second kappa shape index (κ2) is 6.08. The molecule has 80 valence electrons. The van der Waals surface area contributed by atoms with Gasteiger partial charge in [0, 0.05) is 15.3 Å². The summed E-state index contributed by atoms with van der Waals surface area (Å²) in [5.41, 5.74) is 1.74. The van der Waals surface area contributed by atoms with Gasteiger partial charge in [-0.3, -0.25) is 0 Å². The molecule has 2 heteroatoms. The van der Waals surface area contributed by atoms with E-state index in [1.807, 2.05) is 42.5 Å². The lowest BCUT2D eigenvalue weighted by molar-refractivity contribution is 1.29. The van der Waals surface area contributed by atoms with E-state index in [1.165, 1.54) is 0 Å². The molecular weight excluding hydrogens is 321 g/mol. The van der Waals surface area contributed by atoms with Crippen LogP contribution in [0, 0.1) is 27.3 Å². The van der Waals surface area contributed by atoms with E-state index in [4.69, 9.17) is 0 Å². The molecule has 1 aromatic carbocycles. The van der Waals surface area contributed by atoms with Gasteiger partial charge in [0.1, 0.15) is 5.69 Å². The topological polar surface area (TPSA) is 12.9 Å². The third-order valence-corrected chi connectivity index (χ3v) is 2.93. The fourth-order valence-electron chi connectivity index (χ4n) is 1.19. The highest BCUT2D eigenvalue weighted by atomic mass is 127. The van der Waals surface area contributed by atoms with Crippen molar-refractivity contribution in [2.24, 2.45) is 0 Å². The molecule has 0 atom stereocenters. The van der Waals surface area contributed by atoms with E-state index in [2.05, 4.69) is 51.3 Å². The number of nitrogens with zero attached hydrogens (tertiary/aromatic N) is 1. The molecule has 1 nitrogen and oxygen atoms in total. The molecule has 0 N–H and O–H groups in total. The molecular formula is C15H8IN. The van der Waals surface area contributed by atoms with Crippen LogP contribution in [-0.2, 0) is 0 Å². The van der Waals surface area contributed by atoms with Gasteiger partial charge in [0.15, 0.2) is 0 Å². The fraction of sp³-hybridized carbons (Fsp3) is 0. The average Bonchev–Trinajstić information content (AvgIpc) is 2.38. The Kier molecular flexibility index (Phi) is 4.18. The minimum atomic E-state index is 0.740. The van der Waals surface area contributed by atoms with E-state index in [9.17, 15) is 0 Å². The zero-order valence-electron chi connectivity index (χ0n) is 8.94. The van der Waals surface area contributed by atoms with Crippen LogP contribution in [0.4, 0.5) is 0 Å². The Hall–Kier alpha value is -1.78. The van der Waals surface area contributed by atoms with Crippen LogP contribution in [0.15, 0.2) is 48.7 Å². The van der Waals surface area contributed by atoms with Crippen molar-refractivity contribution in [2.45, 2.75) is 0 Å². The molecule has 0 radical (unpaired) electrons. The molecule has 0 fully saturated rings. The van der Waals surface area contributed by atoms with Crippen LogP contribution < -0.4 is 0 Å². The van der Waals surface area contributed by atoms with Crippen molar-refractivity contribution in [3.8, 4) is 23.7 Å². The summed E-state index contributed by atoms with van der Waals surface area (Å²) in [5.74, 6) is 11.6. The molecule has 0 bridgehead atoms. The molecule has 1 heterocycles. The van der Waals surface area contributed by atoms with Crippen LogP contribution in [0.3, 0.4) is 0 Å². The number of pyridine rings is 1. The van der Waals surface area contributed by atoms with Gasteiger partial charge in [-0.15, -0.1) is 0 Å². The van der Waals surface area contributed by atoms with Gasteiger partial charge in [-0.1, -0.05) is 24.1 Å². The maximum Gasteiger partial charge on any atom is 0.114 e. The van der Waals surface area contributed by atoms with Crippen LogP contribution in [0.25, 0.3) is 0 Å². The van der Waals surface area contributed by atoms with E-state index >= 15 is 0 Å². The fourth-order valence-corrected chi connectivity index (χ4v) is 1.72. The van der Waals surface area contributed by atoms with Gasteiger partial charge in [0.2, 0.25) is 0 Å². The molecule has 0 aliphatic rings. The lowest BCUT2D eigenvalue weighted by atomic mass is 10.2. The molecule has 0 saturated heterocycles. The number of hydrogen-bond acceptors (Lipinski definition) is 1. The largest absolute Gasteiger partial charge is 0.248 e. The van der Waals surface area contributed by atoms with Crippen LogP contribution in [0.1, 0.15) is 11.3 Å². The first-order valence-corrected chi connectivity index (χ1v) is 6.12. The molecule has 0 aliphatic carbocycles. The smallest absolute Gasteiger partial charge is 0.114 e. The summed E-state index contributed by atoms with van der Waals surface area (Å²) in [7, 11) is 0. The van der Waals surface area contributed by atoms with Crippen LogP contribution in [-0.4, -0.2) is 4.98 Å².